The topological polar surface area (TPSA) is 109 Å². The lowest BCUT2D eigenvalue weighted by Gasteiger charge is -2.24. The Hall–Kier alpha value is -1.27. The molecule has 0 aliphatic rings. The zero-order valence-corrected chi connectivity index (χ0v) is 16.9. The number of amides is 1. The van der Waals surface area contributed by atoms with Crippen LogP contribution in [0.3, 0.4) is 0 Å². The van der Waals surface area contributed by atoms with Crippen LogP contribution in [-0.2, 0) is 14.4 Å². The van der Waals surface area contributed by atoms with Crippen molar-refractivity contribution < 1.29 is 19.5 Å². The van der Waals surface area contributed by atoms with Crippen molar-refractivity contribution in [3.8, 4) is 0 Å². The van der Waals surface area contributed by atoms with Gasteiger partial charge in [0.25, 0.3) is 0 Å². The summed E-state index contributed by atoms with van der Waals surface area (Å²) in [6.45, 7) is 7.46. The SMILES string of the molecule is CCCCCCCC(=O)C[C@H](C(=O)N[C@@H](CCN)C(=O)C(C)C)C(C)O. The minimum atomic E-state index is -0.952. The molecular weight excluding hydrogens is 332 g/mol. The van der Waals surface area contributed by atoms with Crippen LogP contribution >= 0.6 is 0 Å². The molecule has 3 atom stereocenters. The zero-order chi connectivity index (χ0) is 20.1. The van der Waals surface area contributed by atoms with E-state index in [0.29, 0.717) is 12.8 Å². The highest BCUT2D eigenvalue weighted by atomic mass is 16.3. The second-order valence-corrected chi connectivity index (χ2v) is 7.45. The molecule has 1 amide bonds. The Bertz CT molecular complexity index is 436. The van der Waals surface area contributed by atoms with Crippen LogP contribution in [-0.4, -0.2) is 41.3 Å². The van der Waals surface area contributed by atoms with Gasteiger partial charge in [0.15, 0.2) is 5.78 Å². The number of rotatable bonds is 15. The fourth-order valence-corrected chi connectivity index (χ4v) is 2.89. The maximum absolute atomic E-state index is 12.5. The molecule has 0 aromatic heterocycles. The summed E-state index contributed by atoms with van der Waals surface area (Å²) in [6, 6.07) is -0.669. The van der Waals surface area contributed by atoms with Crippen molar-refractivity contribution in [2.45, 2.75) is 91.2 Å². The molecule has 0 aliphatic heterocycles. The standard InChI is InChI=1S/C20H38N2O4/c1-5-6-7-8-9-10-16(24)13-17(15(4)23)20(26)22-18(11-12-21)19(25)14(2)3/h14-15,17-18,23H,5-13,21H2,1-4H3,(H,22,26)/t15?,17-,18-/m0/s1. The minimum Gasteiger partial charge on any atom is -0.393 e. The maximum atomic E-state index is 12.5. The number of nitrogens with one attached hydrogen (secondary N) is 1. The molecule has 0 saturated carbocycles. The Kier molecular flexibility index (Phi) is 13.2. The summed E-state index contributed by atoms with van der Waals surface area (Å²) < 4.78 is 0. The Morgan fingerprint density at radius 3 is 2.15 bits per heavy atom. The molecule has 0 aromatic carbocycles. The van der Waals surface area contributed by atoms with Crippen LogP contribution in [0.2, 0.25) is 0 Å². The average Bonchev–Trinajstić information content (AvgIpc) is 2.57. The lowest BCUT2D eigenvalue weighted by Crippen LogP contribution is -2.48. The molecule has 152 valence electrons. The second kappa shape index (κ2) is 13.9. The van der Waals surface area contributed by atoms with Gasteiger partial charge in [0.05, 0.1) is 18.1 Å². The van der Waals surface area contributed by atoms with Gasteiger partial charge in [0.1, 0.15) is 5.78 Å². The lowest BCUT2D eigenvalue weighted by atomic mass is 9.92. The monoisotopic (exact) mass is 370 g/mol. The van der Waals surface area contributed by atoms with E-state index in [1.54, 1.807) is 13.8 Å². The number of nitrogens with two attached hydrogens (primary N) is 1. The van der Waals surface area contributed by atoms with Crippen LogP contribution in [0.15, 0.2) is 0 Å². The summed E-state index contributed by atoms with van der Waals surface area (Å²) in [7, 11) is 0. The van der Waals surface area contributed by atoms with Crippen LogP contribution in [0.25, 0.3) is 0 Å². The van der Waals surface area contributed by atoms with Crippen molar-refractivity contribution >= 4 is 17.5 Å². The summed E-state index contributed by atoms with van der Waals surface area (Å²) in [6.07, 6.45) is 5.08. The van der Waals surface area contributed by atoms with Gasteiger partial charge in [-0.2, -0.15) is 0 Å². The van der Waals surface area contributed by atoms with Crippen LogP contribution in [0, 0.1) is 11.8 Å². The van der Waals surface area contributed by atoms with Crippen LogP contribution < -0.4 is 11.1 Å². The molecule has 0 saturated heterocycles. The van der Waals surface area contributed by atoms with Crippen molar-refractivity contribution in [2.75, 3.05) is 6.54 Å². The quantitative estimate of drug-likeness (QED) is 0.383. The van der Waals surface area contributed by atoms with Gasteiger partial charge in [-0.25, -0.2) is 0 Å². The first-order valence-corrected chi connectivity index (χ1v) is 9.98. The van der Waals surface area contributed by atoms with E-state index in [2.05, 4.69) is 12.2 Å². The Morgan fingerprint density at radius 1 is 1.04 bits per heavy atom. The highest BCUT2D eigenvalue weighted by Crippen LogP contribution is 2.15. The number of unbranched alkanes of at least 4 members (excludes halogenated alkanes) is 4. The minimum absolute atomic E-state index is 0.00247. The van der Waals surface area contributed by atoms with Crippen LogP contribution in [0.1, 0.15) is 79.1 Å². The van der Waals surface area contributed by atoms with Gasteiger partial charge in [-0.3, -0.25) is 14.4 Å². The van der Waals surface area contributed by atoms with Crippen molar-refractivity contribution in [2.24, 2.45) is 17.6 Å². The van der Waals surface area contributed by atoms with Gasteiger partial charge in [-0.15, -0.1) is 0 Å². The van der Waals surface area contributed by atoms with Crippen LogP contribution in [0.4, 0.5) is 0 Å². The van der Waals surface area contributed by atoms with Crippen molar-refractivity contribution in [3.63, 3.8) is 0 Å². The molecule has 0 spiro atoms. The van der Waals surface area contributed by atoms with E-state index in [4.69, 9.17) is 5.73 Å². The molecule has 0 radical (unpaired) electrons. The number of hydrogen-bond donors (Lipinski definition) is 3. The summed E-state index contributed by atoms with van der Waals surface area (Å²) in [5.41, 5.74) is 5.54. The number of aliphatic hydroxyl groups excluding tert-OH is 1. The van der Waals surface area contributed by atoms with Crippen molar-refractivity contribution in [1.82, 2.24) is 5.32 Å². The number of aliphatic hydroxyl groups is 1. The molecule has 26 heavy (non-hydrogen) atoms. The van der Waals surface area contributed by atoms with Crippen LogP contribution in [0.5, 0.6) is 0 Å². The van der Waals surface area contributed by atoms with Gasteiger partial charge in [-0.05, 0) is 26.3 Å². The van der Waals surface area contributed by atoms with E-state index in [-0.39, 0.29) is 30.4 Å². The number of hydrogen-bond acceptors (Lipinski definition) is 5. The predicted octanol–water partition coefficient (Wildman–Crippen LogP) is 2.36. The molecule has 0 heterocycles. The summed E-state index contributed by atoms with van der Waals surface area (Å²) in [5.74, 6) is -1.62. The third-order valence-electron chi connectivity index (χ3n) is 4.61. The highest BCUT2D eigenvalue weighted by Gasteiger charge is 2.30. The molecule has 6 heteroatoms. The van der Waals surface area contributed by atoms with E-state index in [0.717, 1.165) is 25.7 Å². The van der Waals surface area contributed by atoms with Crippen molar-refractivity contribution in [3.05, 3.63) is 0 Å². The molecule has 0 aromatic rings. The molecular formula is C20H38N2O4. The zero-order valence-electron chi connectivity index (χ0n) is 16.9. The second-order valence-electron chi connectivity index (χ2n) is 7.45. The van der Waals surface area contributed by atoms with Crippen molar-refractivity contribution in [1.29, 1.82) is 0 Å². The molecule has 6 nitrogen and oxygen atoms in total. The molecule has 4 N–H and O–H groups in total. The van der Waals surface area contributed by atoms with Gasteiger partial charge in [0.2, 0.25) is 5.91 Å². The largest absolute Gasteiger partial charge is 0.393 e. The normalized spacial score (nSPS) is 14.7. The first kappa shape index (κ1) is 24.7. The Labute approximate surface area is 158 Å². The molecule has 0 bridgehead atoms. The first-order valence-electron chi connectivity index (χ1n) is 9.98. The Morgan fingerprint density at radius 2 is 1.65 bits per heavy atom. The fraction of sp³-hybridized carbons (Fsp3) is 0.850. The van der Waals surface area contributed by atoms with E-state index in [9.17, 15) is 19.5 Å². The third kappa shape index (κ3) is 10.0. The van der Waals surface area contributed by atoms with Gasteiger partial charge < -0.3 is 16.2 Å². The summed E-state index contributed by atoms with van der Waals surface area (Å²) in [5, 5.41) is 12.6. The molecule has 0 rings (SSSR count). The third-order valence-corrected chi connectivity index (χ3v) is 4.61. The number of carbonyl (C=O) groups is 3. The number of carbonyl (C=O) groups excluding carboxylic acids is 3. The molecule has 0 aliphatic carbocycles. The lowest BCUT2D eigenvalue weighted by molar-refractivity contribution is -0.136. The summed E-state index contributed by atoms with van der Waals surface area (Å²) in [4.78, 5) is 36.9. The fourth-order valence-electron chi connectivity index (χ4n) is 2.89. The number of ketones is 2. The average molecular weight is 371 g/mol. The molecule has 1 unspecified atom stereocenters. The smallest absolute Gasteiger partial charge is 0.226 e. The summed E-state index contributed by atoms with van der Waals surface area (Å²) >= 11 is 0. The van der Waals surface area contributed by atoms with Gasteiger partial charge in [-0.1, -0.05) is 46.5 Å². The predicted molar refractivity (Wildman–Crippen MR) is 104 cm³/mol. The van der Waals surface area contributed by atoms with E-state index < -0.39 is 24.0 Å². The van der Waals surface area contributed by atoms with E-state index >= 15 is 0 Å². The maximum Gasteiger partial charge on any atom is 0.226 e. The van der Waals surface area contributed by atoms with Gasteiger partial charge in [0, 0.05) is 18.8 Å². The first-order chi connectivity index (χ1) is 12.2. The number of Topliss-reactive ketones (excluding diaryl/α,β-unsaturated/α-hetero) is 2. The highest BCUT2D eigenvalue weighted by molar-refractivity contribution is 5.92. The van der Waals surface area contributed by atoms with Gasteiger partial charge >= 0.3 is 0 Å². The Balaban J connectivity index is 4.68. The van der Waals surface area contributed by atoms with E-state index in [1.165, 1.54) is 13.3 Å². The van der Waals surface area contributed by atoms with E-state index in [1.807, 2.05) is 0 Å². The molecule has 0 fully saturated rings.